The molecule has 0 aliphatic rings. The second-order valence-corrected chi connectivity index (χ2v) is 6.19. The summed E-state index contributed by atoms with van der Waals surface area (Å²) in [4.78, 5) is 6.16. The van der Waals surface area contributed by atoms with Crippen LogP contribution in [0.2, 0.25) is 0 Å². The first kappa shape index (κ1) is 15.6. The van der Waals surface area contributed by atoms with Crippen LogP contribution in [0, 0.1) is 6.92 Å². The number of hydrogen-bond donors (Lipinski definition) is 1. The Morgan fingerprint density at radius 2 is 1.89 bits per heavy atom. The van der Waals surface area contributed by atoms with Gasteiger partial charge in [0.1, 0.15) is 5.01 Å². The number of nitrogens with zero attached hydrogens (tertiary/aromatic N) is 1. The van der Waals surface area contributed by atoms with E-state index >= 15 is 0 Å². The van der Waals surface area contributed by atoms with Crippen molar-refractivity contribution in [1.82, 2.24) is 10.3 Å². The van der Waals surface area contributed by atoms with E-state index in [9.17, 15) is 0 Å². The van der Waals surface area contributed by atoms with Crippen molar-refractivity contribution in [2.24, 2.45) is 0 Å². The smallest absolute Gasteiger partial charge is 0.110 e. The third-order valence-electron chi connectivity index (χ3n) is 3.49. The van der Waals surface area contributed by atoms with E-state index in [0.29, 0.717) is 6.04 Å². The molecular formula is C15H28N2S. The summed E-state index contributed by atoms with van der Waals surface area (Å²) in [6.45, 7) is 6.64. The zero-order chi connectivity index (χ0) is 13.4. The first-order valence-corrected chi connectivity index (χ1v) is 8.18. The Labute approximate surface area is 116 Å². The molecule has 0 saturated carbocycles. The highest BCUT2D eigenvalue weighted by Crippen LogP contribution is 2.27. The Balaban J connectivity index is 2.44. The fourth-order valence-corrected chi connectivity index (χ4v) is 3.43. The molecule has 0 bridgehead atoms. The Morgan fingerprint density at radius 3 is 2.44 bits per heavy atom. The molecule has 0 amide bonds. The molecule has 1 N–H and O–H groups in total. The van der Waals surface area contributed by atoms with Crippen LogP contribution in [0.15, 0.2) is 0 Å². The van der Waals surface area contributed by atoms with Crippen LogP contribution in [0.3, 0.4) is 0 Å². The van der Waals surface area contributed by atoms with Crippen molar-refractivity contribution in [1.29, 1.82) is 0 Å². The van der Waals surface area contributed by atoms with Gasteiger partial charge < -0.3 is 5.32 Å². The lowest BCUT2D eigenvalue weighted by molar-refractivity contribution is 0.498. The van der Waals surface area contributed by atoms with Gasteiger partial charge in [-0.1, -0.05) is 46.0 Å². The number of rotatable bonds is 9. The molecular weight excluding hydrogens is 240 g/mol. The van der Waals surface area contributed by atoms with E-state index in [-0.39, 0.29) is 0 Å². The highest BCUT2D eigenvalue weighted by molar-refractivity contribution is 7.11. The van der Waals surface area contributed by atoms with E-state index in [0.717, 1.165) is 6.42 Å². The molecule has 1 rings (SSSR count). The fraction of sp³-hybridized carbons (Fsp3) is 0.800. The van der Waals surface area contributed by atoms with E-state index < -0.39 is 0 Å². The number of aryl methyl sites for hydroxylation is 2. The van der Waals surface area contributed by atoms with Crippen LogP contribution < -0.4 is 5.32 Å². The zero-order valence-corrected chi connectivity index (χ0v) is 13.2. The minimum Gasteiger partial charge on any atom is -0.311 e. The maximum atomic E-state index is 4.77. The van der Waals surface area contributed by atoms with Gasteiger partial charge in [0.2, 0.25) is 0 Å². The van der Waals surface area contributed by atoms with Crippen LogP contribution in [-0.2, 0) is 6.42 Å². The van der Waals surface area contributed by atoms with Crippen LogP contribution in [-0.4, -0.2) is 12.0 Å². The Hall–Kier alpha value is -0.410. The van der Waals surface area contributed by atoms with Crippen LogP contribution >= 0.6 is 11.3 Å². The van der Waals surface area contributed by atoms with Crippen molar-refractivity contribution in [3.05, 3.63) is 15.6 Å². The molecule has 0 fully saturated rings. The maximum Gasteiger partial charge on any atom is 0.110 e. The van der Waals surface area contributed by atoms with Crippen molar-refractivity contribution >= 4 is 11.3 Å². The Kier molecular flexibility index (Phi) is 7.52. The van der Waals surface area contributed by atoms with Crippen LogP contribution in [0.1, 0.15) is 74.0 Å². The molecule has 3 heteroatoms. The largest absolute Gasteiger partial charge is 0.311 e. The molecule has 2 nitrogen and oxygen atoms in total. The molecule has 1 atom stereocenters. The van der Waals surface area contributed by atoms with E-state index in [1.54, 1.807) is 0 Å². The summed E-state index contributed by atoms with van der Waals surface area (Å²) >= 11 is 1.87. The predicted molar refractivity (Wildman–Crippen MR) is 81.4 cm³/mol. The molecule has 0 spiro atoms. The van der Waals surface area contributed by atoms with Crippen molar-refractivity contribution in [2.75, 3.05) is 7.05 Å². The monoisotopic (exact) mass is 268 g/mol. The molecule has 0 radical (unpaired) electrons. The maximum absolute atomic E-state index is 4.77. The first-order chi connectivity index (χ1) is 8.72. The van der Waals surface area contributed by atoms with Gasteiger partial charge in [0.15, 0.2) is 0 Å². The zero-order valence-electron chi connectivity index (χ0n) is 12.4. The number of hydrogen-bond acceptors (Lipinski definition) is 3. The SMILES string of the molecule is CCCCCCCC(NC)c1nc(CC)c(C)s1. The third-order valence-corrected chi connectivity index (χ3v) is 4.61. The van der Waals surface area contributed by atoms with Gasteiger partial charge in [0.25, 0.3) is 0 Å². The van der Waals surface area contributed by atoms with Gasteiger partial charge in [-0.3, -0.25) is 0 Å². The van der Waals surface area contributed by atoms with Crippen molar-refractivity contribution < 1.29 is 0 Å². The molecule has 1 heterocycles. The molecule has 0 aliphatic heterocycles. The van der Waals surface area contributed by atoms with Crippen LogP contribution in [0.4, 0.5) is 0 Å². The van der Waals surface area contributed by atoms with E-state index in [1.165, 1.54) is 54.1 Å². The number of aromatic nitrogens is 1. The number of unbranched alkanes of at least 4 members (excludes halogenated alkanes) is 4. The number of nitrogens with one attached hydrogen (secondary N) is 1. The number of thiazole rings is 1. The average Bonchev–Trinajstić information content (AvgIpc) is 2.75. The van der Waals surface area contributed by atoms with Gasteiger partial charge in [0.05, 0.1) is 11.7 Å². The molecule has 1 aromatic heterocycles. The lowest BCUT2D eigenvalue weighted by Gasteiger charge is -2.13. The minimum absolute atomic E-state index is 0.454. The summed E-state index contributed by atoms with van der Waals surface area (Å²) in [5.74, 6) is 0. The van der Waals surface area contributed by atoms with E-state index in [4.69, 9.17) is 4.98 Å². The van der Waals surface area contributed by atoms with Gasteiger partial charge >= 0.3 is 0 Å². The van der Waals surface area contributed by atoms with Crippen molar-refractivity contribution in [2.45, 2.75) is 71.8 Å². The van der Waals surface area contributed by atoms with E-state index in [2.05, 4.69) is 33.1 Å². The summed E-state index contributed by atoms with van der Waals surface area (Å²) < 4.78 is 0. The van der Waals surface area contributed by atoms with Crippen LogP contribution in [0.5, 0.6) is 0 Å². The molecule has 18 heavy (non-hydrogen) atoms. The summed E-state index contributed by atoms with van der Waals surface area (Å²) in [5.41, 5.74) is 1.28. The molecule has 104 valence electrons. The fourth-order valence-electron chi connectivity index (χ4n) is 2.27. The standard InChI is InChI=1S/C15H28N2S/c1-5-7-8-9-10-11-14(16-4)15-17-13(6-2)12(3)18-15/h14,16H,5-11H2,1-4H3. The highest BCUT2D eigenvalue weighted by atomic mass is 32.1. The lowest BCUT2D eigenvalue weighted by Crippen LogP contribution is -2.16. The van der Waals surface area contributed by atoms with E-state index in [1.807, 2.05) is 11.3 Å². The quantitative estimate of drug-likeness (QED) is 0.660. The first-order valence-electron chi connectivity index (χ1n) is 7.36. The second-order valence-electron chi connectivity index (χ2n) is 4.95. The summed E-state index contributed by atoms with van der Waals surface area (Å²) in [6.07, 6.45) is 9.01. The van der Waals surface area contributed by atoms with Gasteiger partial charge in [-0.2, -0.15) is 0 Å². The van der Waals surface area contributed by atoms with Gasteiger partial charge in [-0.15, -0.1) is 11.3 Å². The minimum atomic E-state index is 0.454. The average molecular weight is 268 g/mol. The molecule has 0 saturated heterocycles. The van der Waals surface area contributed by atoms with Gasteiger partial charge in [-0.05, 0) is 26.8 Å². The normalized spacial score (nSPS) is 12.9. The van der Waals surface area contributed by atoms with Crippen molar-refractivity contribution in [3.8, 4) is 0 Å². The molecule has 0 aromatic carbocycles. The lowest BCUT2D eigenvalue weighted by atomic mass is 10.1. The third kappa shape index (κ3) is 4.69. The summed E-state index contributed by atoms with van der Waals surface area (Å²) in [6, 6.07) is 0.454. The van der Waals surface area contributed by atoms with Gasteiger partial charge in [0, 0.05) is 4.88 Å². The molecule has 0 aliphatic carbocycles. The van der Waals surface area contributed by atoms with Crippen molar-refractivity contribution in [3.63, 3.8) is 0 Å². The second kappa shape index (κ2) is 8.65. The van der Waals surface area contributed by atoms with Gasteiger partial charge in [-0.25, -0.2) is 4.98 Å². The van der Waals surface area contributed by atoms with Crippen LogP contribution in [0.25, 0.3) is 0 Å². The highest BCUT2D eigenvalue weighted by Gasteiger charge is 2.15. The summed E-state index contributed by atoms with van der Waals surface area (Å²) in [5, 5.41) is 4.70. The topological polar surface area (TPSA) is 24.9 Å². The molecule has 1 unspecified atom stereocenters. The summed E-state index contributed by atoms with van der Waals surface area (Å²) in [7, 11) is 2.05. The Morgan fingerprint density at radius 1 is 1.17 bits per heavy atom. The molecule has 1 aromatic rings. The predicted octanol–water partition coefficient (Wildman–Crippen LogP) is 4.63. The Bertz CT molecular complexity index is 333.